The predicted octanol–water partition coefficient (Wildman–Crippen LogP) is 4.64. The van der Waals surface area contributed by atoms with Gasteiger partial charge in [0.15, 0.2) is 0 Å². The van der Waals surface area contributed by atoms with Gasteiger partial charge >= 0.3 is 12.2 Å². The Hall–Kier alpha value is -2.48. The highest BCUT2D eigenvalue weighted by Gasteiger charge is 2.35. The van der Waals surface area contributed by atoms with E-state index >= 15 is 0 Å². The third-order valence-corrected chi connectivity index (χ3v) is 3.06. The number of hydrogen-bond acceptors (Lipinski definition) is 3. The van der Waals surface area contributed by atoms with Crippen molar-refractivity contribution in [3.05, 3.63) is 47.1 Å². The van der Waals surface area contributed by atoms with E-state index in [0.29, 0.717) is 0 Å². The molecule has 0 spiro atoms. The molecule has 0 unspecified atom stereocenters. The molecule has 128 valence electrons. The Morgan fingerprint density at radius 2 is 1.96 bits per heavy atom. The van der Waals surface area contributed by atoms with Crippen molar-refractivity contribution in [2.75, 3.05) is 19.4 Å². The molecule has 1 N–H and O–H groups in total. The number of anilines is 1. The van der Waals surface area contributed by atoms with E-state index in [9.17, 15) is 18.0 Å². The third kappa shape index (κ3) is 4.51. The zero-order valence-corrected chi connectivity index (χ0v) is 13.4. The zero-order chi connectivity index (χ0) is 17.9. The lowest BCUT2D eigenvalue weighted by molar-refractivity contribution is -0.138. The number of carbonyl (C=O) groups is 1. The summed E-state index contributed by atoms with van der Waals surface area (Å²) in [6.07, 6.45) is -4.67. The third-order valence-electron chi connectivity index (χ3n) is 2.85. The SMILES string of the molecule is CN(C)C(=O)Nc1ccc(Oc2cccc(Cl)n2)c(C(F)(F)F)c1. The Labute approximate surface area is 141 Å². The van der Waals surface area contributed by atoms with Crippen molar-refractivity contribution < 1.29 is 22.7 Å². The van der Waals surface area contributed by atoms with E-state index < -0.39 is 23.5 Å². The first-order valence-electron chi connectivity index (χ1n) is 6.67. The standard InChI is InChI=1S/C15H13ClF3N3O2/c1-22(2)14(23)20-9-6-7-11(10(8-9)15(17,18)19)24-13-5-3-4-12(16)21-13/h3-8H,1-2H3,(H,20,23). The van der Waals surface area contributed by atoms with Gasteiger partial charge in [0.2, 0.25) is 5.88 Å². The number of alkyl halides is 3. The average Bonchev–Trinajstić information content (AvgIpc) is 2.47. The topological polar surface area (TPSA) is 54.5 Å². The minimum Gasteiger partial charge on any atom is -0.438 e. The zero-order valence-electron chi connectivity index (χ0n) is 12.7. The van der Waals surface area contributed by atoms with E-state index in [1.807, 2.05) is 0 Å². The minimum absolute atomic E-state index is 0.00701. The van der Waals surface area contributed by atoms with Gasteiger partial charge in [-0.3, -0.25) is 0 Å². The molecule has 24 heavy (non-hydrogen) atoms. The van der Waals surface area contributed by atoms with Crippen LogP contribution in [0.5, 0.6) is 11.6 Å². The Morgan fingerprint density at radius 3 is 2.54 bits per heavy atom. The van der Waals surface area contributed by atoms with Gasteiger partial charge in [0.05, 0.1) is 0 Å². The van der Waals surface area contributed by atoms with Gasteiger partial charge in [-0.05, 0) is 24.3 Å². The summed E-state index contributed by atoms with van der Waals surface area (Å²) in [6, 6.07) is 7.01. The number of aromatic nitrogens is 1. The average molecular weight is 360 g/mol. The second-order valence-corrected chi connectivity index (χ2v) is 5.32. The van der Waals surface area contributed by atoms with Crippen LogP contribution in [0.15, 0.2) is 36.4 Å². The Kier molecular flexibility index (Phi) is 5.18. The number of rotatable bonds is 3. The number of nitrogens with zero attached hydrogens (tertiary/aromatic N) is 2. The number of pyridine rings is 1. The lowest BCUT2D eigenvalue weighted by Gasteiger charge is -2.16. The molecule has 0 atom stereocenters. The fourth-order valence-corrected chi connectivity index (χ4v) is 1.87. The molecular weight excluding hydrogens is 347 g/mol. The van der Waals surface area contributed by atoms with Crippen molar-refractivity contribution in [3.8, 4) is 11.6 Å². The first-order valence-corrected chi connectivity index (χ1v) is 7.04. The van der Waals surface area contributed by atoms with Crippen molar-refractivity contribution in [3.63, 3.8) is 0 Å². The van der Waals surface area contributed by atoms with E-state index in [2.05, 4.69) is 10.3 Å². The molecule has 5 nitrogen and oxygen atoms in total. The molecule has 1 aromatic carbocycles. The van der Waals surface area contributed by atoms with E-state index in [4.69, 9.17) is 16.3 Å². The second kappa shape index (κ2) is 6.96. The summed E-state index contributed by atoms with van der Waals surface area (Å²) in [7, 11) is 2.95. The first-order chi connectivity index (χ1) is 11.2. The predicted molar refractivity (Wildman–Crippen MR) is 83.5 cm³/mol. The Morgan fingerprint density at radius 1 is 1.25 bits per heavy atom. The fourth-order valence-electron chi connectivity index (χ4n) is 1.71. The number of ether oxygens (including phenoxy) is 1. The molecule has 0 fully saturated rings. The summed E-state index contributed by atoms with van der Waals surface area (Å²) in [4.78, 5) is 16.6. The minimum atomic E-state index is -4.67. The van der Waals surface area contributed by atoms with E-state index in [-0.39, 0.29) is 16.7 Å². The highest BCUT2D eigenvalue weighted by molar-refractivity contribution is 6.29. The number of amides is 2. The van der Waals surface area contributed by atoms with Gasteiger partial charge < -0.3 is 15.0 Å². The summed E-state index contributed by atoms with van der Waals surface area (Å²) >= 11 is 5.69. The quantitative estimate of drug-likeness (QED) is 0.812. The lowest BCUT2D eigenvalue weighted by atomic mass is 10.1. The Bertz CT molecular complexity index is 751. The lowest BCUT2D eigenvalue weighted by Crippen LogP contribution is -2.27. The van der Waals surface area contributed by atoms with Gasteiger partial charge in [0.25, 0.3) is 0 Å². The Balaban J connectivity index is 2.35. The van der Waals surface area contributed by atoms with Gasteiger partial charge in [-0.2, -0.15) is 13.2 Å². The summed E-state index contributed by atoms with van der Waals surface area (Å²) in [5.74, 6) is -0.516. The monoisotopic (exact) mass is 359 g/mol. The van der Waals surface area contributed by atoms with Crippen LogP contribution >= 0.6 is 11.6 Å². The highest BCUT2D eigenvalue weighted by Crippen LogP contribution is 2.39. The molecule has 0 saturated heterocycles. The van der Waals surface area contributed by atoms with Gasteiger partial charge in [-0.25, -0.2) is 9.78 Å². The molecule has 0 aliphatic carbocycles. The van der Waals surface area contributed by atoms with Crippen LogP contribution in [0.4, 0.5) is 23.7 Å². The number of nitrogens with one attached hydrogen (secondary N) is 1. The smallest absolute Gasteiger partial charge is 0.420 e. The van der Waals surface area contributed by atoms with Gasteiger partial charge in [0.1, 0.15) is 16.5 Å². The largest absolute Gasteiger partial charge is 0.438 e. The van der Waals surface area contributed by atoms with Crippen molar-refractivity contribution in [2.24, 2.45) is 0 Å². The van der Waals surface area contributed by atoms with Crippen molar-refractivity contribution in [1.29, 1.82) is 0 Å². The molecule has 9 heteroatoms. The summed E-state index contributed by atoms with van der Waals surface area (Å²) < 4.78 is 45.0. The van der Waals surface area contributed by atoms with Gasteiger partial charge in [0, 0.05) is 25.8 Å². The van der Waals surface area contributed by atoms with E-state index in [1.165, 1.54) is 43.3 Å². The molecule has 0 bridgehead atoms. The van der Waals surface area contributed by atoms with Crippen LogP contribution in [0.25, 0.3) is 0 Å². The maximum Gasteiger partial charge on any atom is 0.420 e. The molecule has 1 aromatic heterocycles. The maximum atomic E-state index is 13.3. The van der Waals surface area contributed by atoms with Crippen LogP contribution in [-0.2, 0) is 6.18 Å². The molecule has 2 rings (SSSR count). The molecule has 0 aliphatic heterocycles. The highest BCUT2D eigenvalue weighted by atomic mass is 35.5. The van der Waals surface area contributed by atoms with Crippen LogP contribution in [0.1, 0.15) is 5.56 Å². The van der Waals surface area contributed by atoms with Crippen LogP contribution < -0.4 is 10.1 Å². The van der Waals surface area contributed by atoms with Crippen molar-refractivity contribution in [1.82, 2.24) is 9.88 Å². The van der Waals surface area contributed by atoms with Crippen LogP contribution in [-0.4, -0.2) is 30.0 Å². The molecule has 2 amide bonds. The number of carbonyl (C=O) groups excluding carboxylic acids is 1. The molecule has 1 heterocycles. The first kappa shape index (κ1) is 17.9. The molecule has 0 saturated carbocycles. The number of urea groups is 1. The number of halogens is 4. The van der Waals surface area contributed by atoms with E-state index in [0.717, 1.165) is 12.1 Å². The molecule has 2 aromatic rings. The van der Waals surface area contributed by atoms with Crippen LogP contribution in [0.3, 0.4) is 0 Å². The molecule has 0 radical (unpaired) electrons. The molecule has 0 aliphatic rings. The van der Waals surface area contributed by atoms with Crippen molar-refractivity contribution in [2.45, 2.75) is 6.18 Å². The van der Waals surface area contributed by atoms with Crippen LogP contribution in [0, 0.1) is 0 Å². The maximum absolute atomic E-state index is 13.3. The summed E-state index contributed by atoms with van der Waals surface area (Å²) in [6.45, 7) is 0. The van der Waals surface area contributed by atoms with Crippen molar-refractivity contribution >= 4 is 23.3 Å². The van der Waals surface area contributed by atoms with E-state index in [1.54, 1.807) is 0 Å². The van der Waals surface area contributed by atoms with Gasteiger partial charge in [-0.15, -0.1) is 0 Å². The van der Waals surface area contributed by atoms with Crippen LogP contribution in [0.2, 0.25) is 5.15 Å². The number of benzene rings is 1. The normalized spacial score (nSPS) is 11.1. The number of hydrogen-bond donors (Lipinski definition) is 1. The molecular formula is C15H13ClF3N3O2. The van der Waals surface area contributed by atoms with Gasteiger partial charge in [-0.1, -0.05) is 17.7 Å². The second-order valence-electron chi connectivity index (χ2n) is 4.93. The summed E-state index contributed by atoms with van der Waals surface area (Å²) in [5, 5.41) is 2.44. The fraction of sp³-hybridized carbons (Fsp3) is 0.200. The summed E-state index contributed by atoms with van der Waals surface area (Å²) in [5.41, 5.74) is -1.05.